The summed E-state index contributed by atoms with van der Waals surface area (Å²) in [6.45, 7) is 2.24. The van der Waals surface area contributed by atoms with E-state index in [0.29, 0.717) is 0 Å². The minimum absolute atomic E-state index is 0.877. The van der Waals surface area contributed by atoms with Crippen LogP contribution in [0.3, 0.4) is 0 Å². The van der Waals surface area contributed by atoms with E-state index in [1.807, 2.05) is 0 Å². The van der Waals surface area contributed by atoms with Gasteiger partial charge in [-0.3, -0.25) is 0 Å². The van der Waals surface area contributed by atoms with Gasteiger partial charge in [-0.15, -0.1) is 0 Å². The molecule has 0 spiro atoms. The second-order valence-corrected chi connectivity index (χ2v) is 7.68. The summed E-state index contributed by atoms with van der Waals surface area (Å²) in [5.41, 5.74) is 0. The fourth-order valence-corrected chi connectivity index (χ4v) is 4.35. The molecule has 2 heteroatoms. The van der Waals surface area contributed by atoms with Crippen molar-refractivity contribution < 1.29 is 4.57 Å². The number of hydrogen-bond acceptors (Lipinski definition) is 1. The lowest BCUT2D eigenvalue weighted by atomic mass is 10.1. The molecule has 0 aromatic rings. The molecule has 0 fully saturated rings. The van der Waals surface area contributed by atoms with Crippen molar-refractivity contribution in [2.45, 2.75) is 45.4 Å². The van der Waals surface area contributed by atoms with Crippen LogP contribution in [0.1, 0.15) is 45.4 Å². The molecule has 0 aromatic heterocycles. The third-order valence-electron chi connectivity index (χ3n) is 2.96. The molecule has 0 aromatic carbocycles. The highest BCUT2D eigenvalue weighted by Crippen LogP contribution is 2.49. The standard InChI is InChI=1S/C12H23OP/c1-2-3-4-5-6-7-10-14(13)11-8-9-12-14/h8-9H,2-7,10-12H2,1H3. The molecule has 0 atom stereocenters. The molecule has 1 heterocycles. The third kappa shape index (κ3) is 4.46. The first kappa shape index (κ1) is 12.0. The van der Waals surface area contributed by atoms with Gasteiger partial charge in [0.2, 0.25) is 0 Å². The number of allylic oxidation sites excluding steroid dienone is 2. The fraction of sp³-hybridized carbons (Fsp3) is 0.833. The number of rotatable bonds is 7. The minimum atomic E-state index is -1.74. The quantitative estimate of drug-likeness (QED) is 0.351. The molecular weight excluding hydrogens is 191 g/mol. The van der Waals surface area contributed by atoms with Crippen LogP contribution in [0.5, 0.6) is 0 Å². The maximum absolute atomic E-state index is 12.0. The maximum atomic E-state index is 12.0. The normalized spacial score (nSPS) is 18.9. The van der Waals surface area contributed by atoms with Crippen molar-refractivity contribution in [3.05, 3.63) is 12.2 Å². The Morgan fingerprint density at radius 2 is 1.57 bits per heavy atom. The summed E-state index contributed by atoms with van der Waals surface area (Å²) in [5, 5.41) is 0. The van der Waals surface area contributed by atoms with E-state index in [0.717, 1.165) is 18.5 Å². The SMILES string of the molecule is CCCCCCCCP1(=O)CC=CC1. The fourth-order valence-electron chi connectivity index (χ4n) is 1.97. The first-order valence-electron chi connectivity index (χ1n) is 5.99. The largest absolute Gasteiger partial charge is 0.323 e. The van der Waals surface area contributed by atoms with Crippen LogP contribution in [0.2, 0.25) is 0 Å². The van der Waals surface area contributed by atoms with Crippen LogP contribution in [-0.4, -0.2) is 18.5 Å². The molecule has 0 aliphatic carbocycles. The lowest BCUT2D eigenvalue weighted by Crippen LogP contribution is -1.92. The zero-order valence-corrected chi connectivity index (χ0v) is 10.3. The molecule has 0 radical (unpaired) electrons. The van der Waals surface area contributed by atoms with Crippen LogP contribution >= 0.6 is 7.14 Å². The zero-order valence-electron chi connectivity index (χ0n) is 9.37. The molecule has 0 saturated carbocycles. The molecule has 0 unspecified atom stereocenters. The Bertz CT molecular complexity index is 208. The highest BCUT2D eigenvalue weighted by atomic mass is 31.2. The van der Waals surface area contributed by atoms with Crippen LogP contribution in [-0.2, 0) is 4.57 Å². The molecular formula is C12H23OP. The molecule has 1 rings (SSSR count). The smallest absolute Gasteiger partial charge is 0.0949 e. The van der Waals surface area contributed by atoms with Gasteiger partial charge in [-0.1, -0.05) is 51.2 Å². The topological polar surface area (TPSA) is 17.1 Å². The van der Waals surface area contributed by atoms with Crippen LogP contribution in [0, 0.1) is 0 Å². The first-order valence-corrected chi connectivity index (χ1v) is 8.25. The Labute approximate surface area is 88.3 Å². The molecule has 0 bridgehead atoms. The molecule has 14 heavy (non-hydrogen) atoms. The minimum Gasteiger partial charge on any atom is -0.323 e. The predicted octanol–water partition coefficient (Wildman–Crippen LogP) is 4.28. The van der Waals surface area contributed by atoms with Gasteiger partial charge in [0.05, 0.1) is 7.14 Å². The van der Waals surface area contributed by atoms with Crippen LogP contribution in [0.15, 0.2) is 12.2 Å². The van der Waals surface area contributed by atoms with E-state index in [2.05, 4.69) is 19.1 Å². The Kier molecular flexibility index (Phi) is 5.55. The van der Waals surface area contributed by atoms with Gasteiger partial charge in [0, 0.05) is 18.5 Å². The molecule has 82 valence electrons. The second-order valence-electron chi connectivity index (χ2n) is 4.39. The molecule has 0 N–H and O–H groups in total. The summed E-state index contributed by atoms with van der Waals surface area (Å²) >= 11 is 0. The summed E-state index contributed by atoms with van der Waals surface area (Å²) in [4.78, 5) is 0. The van der Waals surface area contributed by atoms with Gasteiger partial charge in [0.15, 0.2) is 0 Å². The Hall–Kier alpha value is -0.0300. The average molecular weight is 214 g/mol. The van der Waals surface area contributed by atoms with Crippen molar-refractivity contribution in [3.63, 3.8) is 0 Å². The predicted molar refractivity (Wildman–Crippen MR) is 64.7 cm³/mol. The van der Waals surface area contributed by atoms with Gasteiger partial charge in [-0.2, -0.15) is 0 Å². The van der Waals surface area contributed by atoms with Crippen molar-refractivity contribution >= 4 is 7.14 Å². The van der Waals surface area contributed by atoms with Crippen LogP contribution in [0.25, 0.3) is 0 Å². The Balaban J connectivity index is 1.96. The van der Waals surface area contributed by atoms with E-state index in [-0.39, 0.29) is 0 Å². The molecule has 1 nitrogen and oxygen atoms in total. The number of unbranched alkanes of at least 4 members (excludes halogenated alkanes) is 5. The van der Waals surface area contributed by atoms with E-state index >= 15 is 0 Å². The summed E-state index contributed by atoms with van der Waals surface area (Å²) in [7, 11) is -1.74. The van der Waals surface area contributed by atoms with E-state index in [1.54, 1.807) is 0 Å². The monoisotopic (exact) mass is 214 g/mol. The van der Waals surface area contributed by atoms with E-state index in [1.165, 1.54) is 38.5 Å². The van der Waals surface area contributed by atoms with Crippen molar-refractivity contribution in [1.29, 1.82) is 0 Å². The van der Waals surface area contributed by atoms with Gasteiger partial charge < -0.3 is 4.57 Å². The lowest BCUT2D eigenvalue weighted by molar-refractivity contribution is 0.572. The Morgan fingerprint density at radius 3 is 2.21 bits per heavy atom. The maximum Gasteiger partial charge on any atom is 0.0949 e. The van der Waals surface area contributed by atoms with E-state index in [4.69, 9.17) is 0 Å². The van der Waals surface area contributed by atoms with Gasteiger partial charge in [-0.25, -0.2) is 0 Å². The van der Waals surface area contributed by atoms with E-state index in [9.17, 15) is 4.57 Å². The van der Waals surface area contributed by atoms with Crippen molar-refractivity contribution in [3.8, 4) is 0 Å². The van der Waals surface area contributed by atoms with Gasteiger partial charge in [-0.05, 0) is 6.42 Å². The first-order chi connectivity index (χ1) is 6.77. The van der Waals surface area contributed by atoms with Crippen molar-refractivity contribution in [2.75, 3.05) is 18.5 Å². The third-order valence-corrected chi connectivity index (χ3v) is 5.85. The van der Waals surface area contributed by atoms with Crippen molar-refractivity contribution in [2.24, 2.45) is 0 Å². The summed E-state index contributed by atoms with van der Waals surface area (Å²) in [5.74, 6) is 0. The van der Waals surface area contributed by atoms with Crippen LogP contribution < -0.4 is 0 Å². The van der Waals surface area contributed by atoms with Gasteiger partial charge in [0.1, 0.15) is 0 Å². The van der Waals surface area contributed by atoms with E-state index < -0.39 is 7.14 Å². The number of hydrogen-bond donors (Lipinski definition) is 0. The van der Waals surface area contributed by atoms with Gasteiger partial charge in [0.25, 0.3) is 0 Å². The Morgan fingerprint density at radius 1 is 1.00 bits per heavy atom. The van der Waals surface area contributed by atoms with Crippen molar-refractivity contribution in [1.82, 2.24) is 0 Å². The van der Waals surface area contributed by atoms with Crippen LogP contribution in [0.4, 0.5) is 0 Å². The zero-order chi connectivity index (χ0) is 10.3. The summed E-state index contributed by atoms with van der Waals surface area (Å²) in [6, 6.07) is 0. The molecule has 1 aliphatic heterocycles. The molecule has 1 aliphatic rings. The lowest BCUT2D eigenvalue weighted by Gasteiger charge is -2.10. The average Bonchev–Trinajstić information content (AvgIpc) is 2.59. The highest BCUT2D eigenvalue weighted by molar-refractivity contribution is 7.64. The summed E-state index contributed by atoms with van der Waals surface area (Å²) < 4.78 is 12.0. The van der Waals surface area contributed by atoms with Gasteiger partial charge >= 0.3 is 0 Å². The molecule has 0 saturated heterocycles. The molecule has 0 amide bonds. The summed E-state index contributed by atoms with van der Waals surface area (Å²) in [6.07, 6.45) is 14.8. The second kappa shape index (κ2) is 6.45. The highest BCUT2D eigenvalue weighted by Gasteiger charge is 2.21.